The summed E-state index contributed by atoms with van der Waals surface area (Å²) in [6.07, 6.45) is 3.49. The molecule has 0 rings (SSSR count). The molecule has 0 fully saturated rings. The molecule has 3 nitrogen and oxygen atoms in total. The van der Waals surface area contributed by atoms with Gasteiger partial charge in [-0.25, -0.2) is 0 Å². The number of esters is 2. The van der Waals surface area contributed by atoms with Crippen LogP contribution in [0, 0.1) is 5.92 Å². The van der Waals surface area contributed by atoms with Crippen molar-refractivity contribution < 1.29 is 14.3 Å². The highest BCUT2D eigenvalue weighted by Gasteiger charge is 2.19. The Labute approximate surface area is 89.8 Å². The van der Waals surface area contributed by atoms with Crippen LogP contribution in [0.4, 0.5) is 0 Å². The van der Waals surface area contributed by atoms with E-state index in [1.807, 2.05) is 6.92 Å². The lowest BCUT2D eigenvalue weighted by atomic mass is 10.00. The molecular formula is C10H17ClO3. The number of alkyl halides is 1. The molecule has 0 heterocycles. The van der Waals surface area contributed by atoms with E-state index < -0.39 is 11.9 Å². The van der Waals surface area contributed by atoms with E-state index in [4.69, 9.17) is 11.6 Å². The van der Waals surface area contributed by atoms with Crippen molar-refractivity contribution in [1.82, 2.24) is 0 Å². The van der Waals surface area contributed by atoms with Crippen LogP contribution in [-0.4, -0.2) is 17.8 Å². The SMILES string of the molecule is CCCCC(CC)C(=O)OC(=O)CCl. The van der Waals surface area contributed by atoms with Crippen LogP contribution in [0.5, 0.6) is 0 Å². The van der Waals surface area contributed by atoms with E-state index >= 15 is 0 Å². The Bertz CT molecular complexity index is 192. The molecule has 0 saturated heterocycles. The second-order valence-corrected chi connectivity index (χ2v) is 3.44. The smallest absolute Gasteiger partial charge is 0.328 e. The van der Waals surface area contributed by atoms with E-state index in [1.165, 1.54) is 0 Å². The fraction of sp³-hybridized carbons (Fsp3) is 0.800. The highest BCUT2D eigenvalue weighted by Crippen LogP contribution is 2.14. The third-order valence-corrected chi connectivity index (χ3v) is 2.27. The molecule has 0 aliphatic rings. The van der Waals surface area contributed by atoms with Gasteiger partial charge in [-0.15, -0.1) is 11.6 Å². The van der Waals surface area contributed by atoms with Gasteiger partial charge in [0.15, 0.2) is 0 Å². The minimum Gasteiger partial charge on any atom is -0.392 e. The highest BCUT2D eigenvalue weighted by atomic mass is 35.5. The van der Waals surface area contributed by atoms with Crippen LogP contribution in [-0.2, 0) is 14.3 Å². The number of carbonyl (C=O) groups excluding carboxylic acids is 2. The van der Waals surface area contributed by atoms with Crippen LogP contribution >= 0.6 is 11.6 Å². The predicted octanol–water partition coefficient (Wildman–Crippen LogP) is 2.51. The van der Waals surface area contributed by atoms with E-state index in [9.17, 15) is 9.59 Å². The van der Waals surface area contributed by atoms with Gasteiger partial charge in [0.25, 0.3) is 0 Å². The van der Waals surface area contributed by atoms with E-state index in [0.717, 1.165) is 19.3 Å². The van der Waals surface area contributed by atoms with Crippen molar-refractivity contribution in [1.29, 1.82) is 0 Å². The quantitative estimate of drug-likeness (QED) is 0.393. The van der Waals surface area contributed by atoms with Gasteiger partial charge in [0, 0.05) is 0 Å². The monoisotopic (exact) mass is 220 g/mol. The van der Waals surface area contributed by atoms with Crippen molar-refractivity contribution in [3.8, 4) is 0 Å². The van der Waals surface area contributed by atoms with Crippen LogP contribution in [0.25, 0.3) is 0 Å². The lowest BCUT2D eigenvalue weighted by Gasteiger charge is -2.11. The molecule has 0 bridgehead atoms. The fourth-order valence-corrected chi connectivity index (χ4v) is 1.22. The molecule has 1 atom stereocenters. The van der Waals surface area contributed by atoms with Gasteiger partial charge >= 0.3 is 11.9 Å². The molecule has 0 radical (unpaired) electrons. The first-order valence-electron chi connectivity index (χ1n) is 4.96. The normalized spacial score (nSPS) is 12.2. The van der Waals surface area contributed by atoms with Gasteiger partial charge in [-0.1, -0.05) is 26.7 Å². The molecule has 14 heavy (non-hydrogen) atoms. The van der Waals surface area contributed by atoms with Gasteiger partial charge < -0.3 is 4.74 Å². The van der Waals surface area contributed by atoms with Gasteiger partial charge in [-0.05, 0) is 12.8 Å². The van der Waals surface area contributed by atoms with Crippen molar-refractivity contribution in [3.05, 3.63) is 0 Å². The number of hydrogen-bond donors (Lipinski definition) is 0. The van der Waals surface area contributed by atoms with Gasteiger partial charge in [0.05, 0.1) is 5.92 Å². The molecule has 0 amide bonds. The Morgan fingerprint density at radius 1 is 1.36 bits per heavy atom. The zero-order valence-corrected chi connectivity index (χ0v) is 9.47. The third kappa shape index (κ3) is 5.22. The van der Waals surface area contributed by atoms with Crippen molar-refractivity contribution in [2.24, 2.45) is 5.92 Å². The number of rotatable bonds is 6. The fourth-order valence-electron chi connectivity index (χ4n) is 1.16. The number of ether oxygens (including phenoxy) is 1. The topological polar surface area (TPSA) is 43.4 Å². The highest BCUT2D eigenvalue weighted by molar-refractivity contribution is 6.27. The summed E-state index contributed by atoms with van der Waals surface area (Å²) in [7, 11) is 0. The number of hydrogen-bond acceptors (Lipinski definition) is 3. The third-order valence-electron chi connectivity index (χ3n) is 2.06. The van der Waals surface area contributed by atoms with Gasteiger partial charge in [-0.3, -0.25) is 9.59 Å². The number of halogens is 1. The number of unbranched alkanes of at least 4 members (excludes halogenated alkanes) is 1. The summed E-state index contributed by atoms with van der Waals surface area (Å²) in [4.78, 5) is 22.1. The standard InChI is InChI=1S/C10H17ClO3/c1-3-5-6-8(4-2)10(13)14-9(12)7-11/h8H,3-7H2,1-2H3. The maximum absolute atomic E-state index is 11.3. The van der Waals surface area contributed by atoms with Crippen LogP contribution < -0.4 is 0 Å². The minimum absolute atomic E-state index is 0.165. The van der Waals surface area contributed by atoms with Crippen LogP contribution in [0.1, 0.15) is 39.5 Å². The van der Waals surface area contributed by atoms with E-state index in [-0.39, 0.29) is 11.8 Å². The first-order valence-corrected chi connectivity index (χ1v) is 5.49. The molecular weight excluding hydrogens is 204 g/mol. The van der Waals surface area contributed by atoms with E-state index in [2.05, 4.69) is 11.7 Å². The Morgan fingerprint density at radius 2 is 2.00 bits per heavy atom. The summed E-state index contributed by atoms with van der Waals surface area (Å²) in [5.41, 5.74) is 0. The molecule has 0 aliphatic carbocycles. The largest absolute Gasteiger partial charge is 0.392 e. The summed E-state index contributed by atoms with van der Waals surface area (Å²) in [6, 6.07) is 0. The predicted molar refractivity (Wildman–Crippen MR) is 55.1 cm³/mol. The maximum Gasteiger partial charge on any atom is 0.328 e. The van der Waals surface area contributed by atoms with Crippen molar-refractivity contribution >= 4 is 23.5 Å². The molecule has 0 aliphatic heterocycles. The van der Waals surface area contributed by atoms with Crippen LogP contribution in [0.3, 0.4) is 0 Å². The molecule has 4 heteroatoms. The molecule has 0 spiro atoms. The number of carbonyl (C=O) groups is 2. The Morgan fingerprint density at radius 3 is 2.43 bits per heavy atom. The molecule has 82 valence electrons. The summed E-state index contributed by atoms with van der Waals surface area (Å²) >= 11 is 5.22. The summed E-state index contributed by atoms with van der Waals surface area (Å²) in [6.45, 7) is 3.97. The summed E-state index contributed by atoms with van der Waals surface area (Å²) in [5.74, 6) is -1.53. The molecule has 0 aromatic carbocycles. The second kappa shape index (κ2) is 7.80. The molecule has 0 saturated carbocycles. The van der Waals surface area contributed by atoms with E-state index in [1.54, 1.807) is 0 Å². The van der Waals surface area contributed by atoms with Gasteiger partial charge in [0.2, 0.25) is 0 Å². The lowest BCUT2D eigenvalue weighted by molar-refractivity contribution is -0.161. The summed E-state index contributed by atoms with van der Waals surface area (Å²) < 4.78 is 4.54. The van der Waals surface area contributed by atoms with Crippen molar-refractivity contribution in [2.75, 3.05) is 5.88 Å². The summed E-state index contributed by atoms with van der Waals surface area (Å²) in [5, 5.41) is 0. The molecule has 0 N–H and O–H groups in total. The van der Waals surface area contributed by atoms with Crippen LogP contribution in [0.15, 0.2) is 0 Å². The maximum atomic E-state index is 11.3. The van der Waals surface area contributed by atoms with Crippen LogP contribution in [0.2, 0.25) is 0 Å². The van der Waals surface area contributed by atoms with Gasteiger partial charge in [0.1, 0.15) is 5.88 Å². The molecule has 1 unspecified atom stereocenters. The van der Waals surface area contributed by atoms with E-state index in [0.29, 0.717) is 6.42 Å². The zero-order valence-electron chi connectivity index (χ0n) is 8.72. The Hall–Kier alpha value is -0.570. The van der Waals surface area contributed by atoms with Gasteiger partial charge in [-0.2, -0.15) is 0 Å². The molecule has 0 aromatic heterocycles. The lowest BCUT2D eigenvalue weighted by Crippen LogP contribution is -2.21. The zero-order chi connectivity index (χ0) is 11.0. The van der Waals surface area contributed by atoms with Crippen molar-refractivity contribution in [2.45, 2.75) is 39.5 Å². The average molecular weight is 221 g/mol. The molecule has 0 aromatic rings. The average Bonchev–Trinajstić information content (AvgIpc) is 2.18. The second-order valence-electron chi connectivity index (χ2n) is 3.17. The first-order chi connectivity index (χ1) is 6.65. The Balaban J connectivity index is 3.97. The Kier molecular flexibility index (Phi) is 7.48. The minimum atomic E-state index is -0.661. The van der Waals surface area contributed by atoms with Crippen molar-refractivity contribution in [3.63, 3.8) is 0 Å². The first kappa shape index (κ1) is 13.4.